The fourth-order valence-corrected chi connectivity index (χ4v) is 2.53. The van der Waals surface area contributed by atoms with Gasteiger partial charge < -0.3 is 9.66 Å². The Balaban J connectivity index is 0. The molecule has 0 fully saturated rings. The zero-order valence-electron chi connectivity index (χ0n) is 11.0. The number of carbonyl (C=O) groups excluding carboxylic acids is 1. The predicted molar refractivity (Wildman–Crippen MR) is 62.1 cm³/mol. The topological polar surface area (TPSA) is 115 Å². The van der Waals surface area contributed by atoms with Crippen LogP contribution < -0.4 is 29.6 Å². The molecule has 0 heterocycles. The van der Waals surface area contributed by atoms with E-state index in [4.69, 9.17) is 5.11 Å². The Morgan fingerprint density at radius 3 is 2.00 bits per heavy atom. The van der Waals surface area contributed by atoms with Crippen LogP contribution in [0.3, 0.4) is 0 Å². The van der Waals surface area contributed by atoms with Crippen molar-refractivity contribution >= 4 is 22.0 Å². The molecule has 0 aromatic rings. The third-order valence-corrected chi connectivity index (χ3v) is 3.42. The predicted octanol–water partition coefficient (Wildman–Crippen LogP) is -2.87. The molecule has 0 radical (unpaired) electrons. The molecule has 0 aliphatic rings. The summed E-state index contributed by atoms with van der Waals surface area (Å²) in [6.07, 6.45) is 0.717. The summed E-state index contributed by atoms with van der Waals surface area (Å²) in [5, 5.41) is 6.93. The SMILES string of the molecule is C=CC(=O)N(C(=C)C(=O)O)C(C(C)C)S(=O)(=O)[O-].[Na+]. The molecule has 0 aromatic heterocycles. The Morgan fingerprint density at radius 2 is 1.79 bits per heavy atom. The Bertz CT molecular complexity index is 484. The van der Waals surface area contributed by atoms with Crippen LogP contribution in [0.25, 0.3) is 0 Å². The van der Waals surface area contributed by atoms with Gasteiger partial charge in [0.1, 0.15) is 21.2 Å². The number of aliphatic carboxylic acids is 1. The molecule has 102 valence electrons. The molecule has 9 heteroatoms. The second kappa shape index (κ2) is 7.81. The van der Waals surface area contributed by atoms with E-state index >= 15 is 0 Å². The molecular weight excluding hydrogens is 285 g/mol. The largest absolute Gasteiger partial charge is 1.00 e. The van der Waals surface area contributed by atoms with E-state index in [2.05, 4.69) is 13.2 Å². The van der Waals surface area contributed by atoms with Crippen LogP contribution in [-0.4, -0.2) is 40.2 Å². The van der Waals surface area contributed by atoms with E-state index in [0.29, 0.717) is 11.0 Å². The summed E-state index contributed by atoms with van der Waals surface area (Å²) in [7, 11) is -4.91. The van der Waals surface area contributed by atoms with E-state index in [9.17, 15) is 22.6 Å². The molecule has 1 unspecified atom stereocenters. The van der Waals surface area contributed by atoms with Gasteiger partial charge in [-0.05, 0) is 12.0 Å². The van der Waals surface area contributed by atoms with Crippen LogP contribution in [0.5, 0.6) is 0 Å². The summed E-state index contributed by atoms with van der Waals surface area (Å²) in [6.45, 7) is 8.97. The fraction of sp³-hybridized carbons (Fsp3) is 0.400. The van der Waals surface area contributed by atoms with Gasteiger partial charge in [0, 0.05) is 0 Å². The molecule has 0 aromatic carbocycles. The average molecular weight is 299 g/mol. The number of hydrogen-bond acceptors (Lipinski definition) is 5. The van der Waals surface area contributed by atoms with E-state index in [1.165, 1.54) is 13.8 Å². The standard InChI is InChI=1S/C10H15NO6S.Na/c1-5-8(12)11(7(4)10(13)14)9(6(2)3)18(15,16)17;/h5-6,9H,1,4H2,2-3H3,(H,13,14)(H,15,16,17);/q;+1/p-1. The van der Waals surface area contributed by atoms with Crippen molar-refractivity contribution in [1.29, 1.82) is 0 Å². The first-order valence-electron chi connectivity index (χ1n) is 4.86. The van der Waals surface area contributed by atoms with Crippen molar-refractivity contribution in [2.45, 2.75) is 19.2 Å². The van der Waals surface area contributed by atoms with Crippen LogP contribution in [0.15, 0.2) is 24.9 Å². The molecule has 0 rings (SSSR count). The van der Waals surface area contributed by atoms with Crippen LogP contribution in [0.4, 0.5) is 0 Å². The van der Waals surface area contributed by atoms with Gasteiger partial charge in [0.05, 0.1) is 0 Å². The molecule has 7 nitrogen and oxygen atoms in total. The van der Waals surface area contributed by atoms with Gasteiger partial charge in [0.15, 0.2) is 0 Å². The maximum Gasteiger partial charge on any atom is 1.00 e. The minimum absolute atomic E-state index is 0. The number of carboxylic acids is 1. The second-order valence-electron chi connectivity index (χ2n) is 3.79. The Kier molecular flexibility index (Phi) is 8.48. The smallest absolute Gasteiger partial charge is 0.746 e. The Hall–Kier alpha value is -0.670. The van der Waals surface area contributed by atoms with Crippen molar-refractivity contribution in [3.05, 3.63) is 24.9 Å². The zero-order chi connectivity index (χ0) is 14.7. The van der Waals surface area contributed by atoms with Crippen LogP contribution in [0, 0.1) is 5.92 Å². The molecule has 1 atom stereocenters. The maximum absolute atomic E-state index is 11.5. The van der Waals surface area contributed by atoms with Gasteiger partial charge in [0.25, 0.3) is 5.91 Å². The van der Waals surface area contributed by atoms with Gasteiger partial charge in [0.2, 0.25) is 0 Å². The zero-order valence-corrected chi connectivity index (χ0v) is 13.8. The van der Waals surface area contributed by atoms with E-state index in [1.807, 2.05) is 0 Å². The van der Waals surface area contributed by atoms with Crippen LogP contribution >= 0.6 is 0 Å². The summed E-state index contributed by atoms with van der Waals surface area (Å²) < 4.78 is 33.4. The summed E-state index contributed by atoms with van der Waals surface area (Å²) in [6, 6.07) is 0. The molecule has 19 heavy (non-hydrogen) atoms. The van der Waals surface area contributed by atoms with Gasteiger partial charge in [-0.1, -0.05) is 27.0 Å². The van der Waals surface area contributed by atoms with Crippen LogP contribution in [-0.2, 0) is 19.7 Å². The summed E-state index contributed by atoms with van der Waals surface area (Å²) >= 11 is 0. The summed E-state index contributed by atoms with van der Waals surface area (Å²) in [5.74, 6) is -3.41. The summed E-state index contributed by atoms with van der Waals surface area (Å²) in [5.41, 5.74) is -0.793. The van der Waals surface area contributed by atoms with E-state index in [-0.39, 0.29) is 29.6 Å². The third kappa shape index (κ3) is 5.45. The van der Waals surface area contributed by atoms with E-state index in [0.717, 1.165) is 0 Å². The van der Waals surface area contributed by atoms with Crippen molar-refractivity contribution in [1.82, 2.24) is 4.90 Å². The average Bonchev–Trinajstić information content (AvgIpc) is 2.20. The van der Waals surface area contributed by atoms with Crippen molar-refractivity contribution in [3.63, 3.8) is 0 Å². The minimum atomic E-state index is -4.91. The maximum atomic E-state index is 11.5. The van der Waals surface area contributed by atoms with Gasteiger partial charge in [-0.2, -0.15) is 0 Å². The quantitative estimate of drug-likeness (QED) is 0.320. The number of nitrogens with zero attached hydrogens (tertiary/aromatic N) is 1. The van der Waals surface area contributed by atoms with Gasteiger partial charge in [-0.3, -0.25) is 9.69 Å². The van der Waals surface area contributed by atoms with Crippen LogP contribution in [0.2, 0.25) is 0 Å². The first-order valence-corrected chi connectivity index (χ1v) is 6.33. The first kappa shape index (κ1) is 20.6. The molecule has 0 saturated carbocycles. The molecule has 0 aliphatic heterocycles. The molecular formula is C10H14NNaO6S. The van der Waals surface area contributed by atoms with E-state index < -0.39 is 39.0 Å². The Morgan fingerprint density at radius 1 is 1.37 bits per heavy atom. The fourth-order valence-electron chi connectivity index (χ4n) is 1.37. The van der Waals surface area contributed by atoms with Gasteiger partial charge >= 0.3 is 35.5 Å². The van der Waals surface area contributed by atoms with Gasteiger partial charge in [-0.15, -0.1) is 0 Å². The second-order valence-corrected chi connectivity index (χ2v) is 5.26. The van der Waals surface area contributed by atoms with Crippen LogP contribution in [0.1, 0.15) is 13.8 Å². The molecule has 0 aliphatic carbocycles. The normalized spacial score (nSPS) is 12.2. The van der Waals surface area contributed by atoms with Crippen molar-refractivity contribution in [2.24, 2.45) is 5.92 Å². The molecule has 1 amide bonds. The molecule has 0 saturated heterocycles. The Labute approximate surface area is 134 Å². The molecule has 1 N–H and O–H groups in total. The van der Waals surface area contributed by atoms with Gasteiger partial charge in [-0.25, -0.2) is 13.2 Å². The minimum Gasteiger partial charge on any atom is -0.746 e. The van der Waals surface area contributed by atoms with Crippen molar-refractivity contribution < 1.29 is 57.2 Å². The molecule has 0 spiro atoms. The number of carbonyl (C=O) groups is 2. The monoisotopic (exact) mass is 299 g/mol. The number of hydrogen-bond donors (Lipinski definition) is 1. The van der Waals surface area contributed by atoms with Crippen molar-refractivity contribution in [2.75, 3.05) is 0 Å². The summed E-state index contributed by atoms with van der Waals surface area (Å²) in [4.78, 5) is 22.7. The third-order valence-electron chi connectivity index (χ3n) is 2.07. The number of amides is 1. The first-order chi connectivity index (χ1) is 8.03. The van der Waals surface area contributed by atoms with E-state index in [1.54, 1.807) is 0 Å². The molecule has 0 bridgehead atoms. The van der Waals surface area contributed by atoms with Crippen molar-refractivity contribution in [3.8, 4) is 0 Å². The number of carboxylic acid groups (broad SMARTS) is 1. The number of rotatable bonds is 6.